The molecule has 2 rings (SSSR count). The predicted octanol–water partition coefficient (Wildman–Crippen LogP) is 1.62. The molecule has 0 spiro atoms. The Balaban J connectivity index is 2.03. The van der Waals surface area contributed by atoms with Crippen molar-refractivity contribution in [1.82, 2.24) is 5.32 Å². The highest BCUT2D eigenvalue weighted by Gasteiger charge is 2.23. The minimum absolute atomic E-state index is 0.0181. The van der Waals surface area contributed by atoms with Gasteiger partial charge in [-0.2, -0.15) is 0 Å². The van der Waals surface area contributed by atoms with E-state index in [4.69, 9.17) is 9.47 Å². The van der Waals surface area contributed by atoms with Gasteiger partial charge in [0.1, 0.15) is 12.4 Å². The fourth-order valence-corrected chi connectivity index (χ4v) is 2.81. The number of benzene rings is 1. The maximum absolute atomic E-state index is 12.1. The van der Waals surface area contributed by atoms with Crippen LogP contribution in [0.4, 0.5) is 5.69 Å². The Morgan fingerprint density at radius 2 is 2.35 bits per heavy atom. The molecular weight excluding hydrogens is 276 g/mol. The number of aryl methyl sites for hydroxylation is 1. The van der Waals surface area contributed by atoms with E-state index in [0.29, 0.717) is 24.7 Å². The van der Waals surface area contributed by atoms with Crippen LogP contribution in [0.2, 0.25) is 0 Å². The topological polar surface area (TPSA) is 59.6 Å². The van der Waals surface area contributed by atoms with Gasteiger partial charge in [-0.25, -0.2) is 0 Å². The fraction of sp³-hybridized carbons (Fsp3) is 0.500. The molecule has 1 aliphatic rings. The molecule has 20 heavy (non-hydrogen) atoms. The van der Waals surface area contributed by atoms with Crippen LogP contribution in [0.5, 0.6) is 5.75 Å². The van der Waals surface area contributed by atoms with Gasteiger partial charge in [-0.3, -0.25) is 10.1 Å². The van der Waals surface area contributed by atoms with Crippen LogP contribution in [-0.2, 0) is 9.53 Å². The second kappa shape index (κ2) is 7.52. The number of hydrogen-bond acceptors (Lipinski definition) is 5. The third kappa shape index (κ3) is 4.13. The molecular formula is C14H20N2O3S. The molecule has 2 N–H and O–H groups in total. The molecule has 0 radical (unpaired) electrons. The fourth-order valence-electron chi connectivity index (χ4n) is 1.87. The van der Waals surface area contributed by atoms with Crippen molar-refractivity contribution < 1.29 is 14.3 Å². The molecule has 1 aliphatic heterocycles. The first-order valence-electron chi connectivity index (χ1n) is 6.55. The van der Waals surface area contributed by atoms with E-state index in [-0.39, 0.29) is 11.9 Å². The maximum atomic E-state index is 12.1. The predicted molar refractivity (Wildman–Crippen MR) is 81.4 cm³/mol. The van der Waals surface area contributed by atoms with Crippen LogP contribution in [0.25, 0.3) is 0 Å². The van der Waals surface area contributed by atoms with Gasteiger partial charge in [0, 0.05) is 18.7 Å². The van der Waals surface area contributed by atoms with Crippen LogP contribution in [0.3, 0.4) is 0 Å². The lowest BCUT2D eigenvalue weighted by atomic mass is 10.2. The van der Waals surface area contributed by atoms with Gasteiger partial charge in [0.15, 0.2) is 0 Å². The zero-order valence-electron chi connectivity index (χ0n) is 11.8. The second-order valence-electron chi connectivity index (χ2n) is 4.60. The van der Waals surface area contributed by atoms with Crippen LogP contribution >= 0.6 is 11.8 Å². The number of ether oxygens (including phenoxy) is 2. The molecule has 110 valence electrons. The average Bonchev–Trinajstić information content (AvgIpc) is 2.96. The summed E-state index contributed by atoms with van der Waals surface area (Å²) >= 11 is 1.72. The highest BCUT2D eigenvalue weighted by atomic mass is 32.2. The molecule has 6 heteroatoms. The number of hydrogen-bond donors (Lipinski definition) is 2. The van der Waals surface area contributed by atoms with Crippen LogP contribution in [0.1, 0.15) is 5.56 Å². The molecule has 5 nitrogen and oxygen atoms in total. The number of rotatable bonds is 6. The normalized spacial score (nSPS) is 18.0. The van der Waals surface area contributed by atoms with Gasteiger partial charge >= 0.3 is 0 Å². The summed E-state index contributed by atoms with van der Waals surface area (Å²) in [5, 5.41) is 6.08. The monoisotopic (exact) mass is 296 g/mol. The number of thioether (sulfide) groups is 1. The molecule has 0 aromatic heterocycles. The van der Waals surface area contributed by atoms with Gasteiger partial charge in [0.05, 0.1) is 18.3 Å². The van der Waals surface area contributed by atoms with Crippen molar-refractivity contribution >= 4 is 23.4 Å². The molecule has 1 atom stereocenters. The molecule has 1 amide bonds. The lowest BCUT2D eigenvalue weighted by Gasteiger charge is -2.15. The summed E-state index contributed by atoms with van der Waals surface area (Å²) in [5.74, 6) is 2.29. The molecule has 1 saturated heterocycles. The highest BCUT2D eigenvalue weighted by Crippen LogP contribution is 2.26. The quantitative estimate of drug-likeness (QED) is 0.781. The minimum atomic E-state index is -0.131. The van der Waals surface area contributed by atoms with E-state index in [0.717, 1.165) is 17.2 Å². The number of amides is 1. The smallest absolute Gasteiger partial charge is 0.242 e. The highest BCUT2D eigenvalue weighted by molar-refractivity contribution is 7.99. The lowest BCUT2D eigenvalue weighted by molar-refractivity contribution is -0.117. The van der Waals surface area contributed by atoms with E-state index in [1.807, 2.05) is 25.1 Å². The molecule has 1 aromatic carbocycles. The van der Waals surface area contributed by atoms with Crippen molar-refractivity contribution in [3.05, 3.63) is 23.8 Å². The number of nitrogens with one attached hydrogen (secondary N) is 2. The molecule has 1 fully saturated rings. The average molecular weight is 296 g/mol. The maximum Gasteiger partial charge on any atom is 0.242 e. The largest absolute Gasteiger partial charge is 0.489 e. The SMILES string of the molecule is COCCOc1cc(C)ccc1NC(=O)C1CSCN1. The van der Waals surface area contributed by atoms with Crippen LogP contribution < -0.4 is 15.4 Å². The Kier molecular flexibility index (Phi) is 5.70. The Morgan fingerprint density at radius 1 is 1.50 bits per heavy atom. The van der Waals surface area contributed by atoms with E-state index >= 15 is 0 Å². The van der Waals surface area contributed by atoms with Crippen molar-refractivity contribution in [1.29, 1.82) is 0 Å². The van der Waals surface area contributed by atoms with E-state index in [9.17, 15) is 4.79 Å². The number of anilines is 1. The molecule has 1 unspecified atom stereocenters. The van der Waals surface area contributed by atoms with Gasteiger partial charge in [-0.15, -0.1) is 11.8 Å². The third-order valence-electron chi connectivity index (χ3n) is 2.97. The number of carbonyl (C=O) groups is 1. The third-order valence-corrected chi connectivity index (χ3v) is 3.91. The molecule has 1 heterocycles. The molecule has 0 aliphatic carbocycles. The standard InChI is InChI=1S/C14H20N2O3S/c1-10-3-4-11(13(7-10)19-6-5-18-2)16-14(17)12-8-20-9-15-12/h3-4,7,12,15H,5-6,8-9H2,1-2H3,(H,16,17). The number of carbonyl (C=O) groups excluding carboxylic acids is 1. The van der Waals surface area contributed by atoms with E-state index in [1.165, 1.54) is 0 Å². The van der Waals surface area contributed by atoms with Gasteiger partial charge in [-0.1, -0.05) is 6.07 Å². The summed E-state index contributed by atoms with van der Waals surface area (Å²) < 4.78 is 10.6. The Labute approximate surface area is 123 Å². The van der Waals surface area contributed by atoms with Crippen molar-refractivity contribution in [2.45, 2.75) is 13.0 Å². The Bertz CT molecular complexity index is 462. The van der Waals surface area contributed by atoms with Gasteiger partial charge in [-0.05, 0) is 24.6 Å². The van der Waals surface area contributed by atoms with Crippen molar-refractivity contribution in [2.24, 2.45) is 0 Å². The van der Waals surface area contributed by atoms with Gasteiger partial charge in [0.25, 0.3) is 0 Å². The lowest BCUT2D eigenvalue weighted by Crippen LogP contribution is -2.37. The Hall–Kier alpha value is -1.24. The van der Waals surface area contributed by atoms with Gasteiger partial charge in [0.2, 0.25) is 5.91 Å². The van der Waals surface area contributed by atoms with E-state index in [1.54, 1.807) is 18.9 Å². The zero-order chi connectivity index (χ0) is 14.4. The van der Waals surface area contributed by atoms with Crippen LogP contribution in [-0.4, -0.2) is 43.9 Å². The molecule has 0 saturated carbocycles. The second-order valence-corrected chi connectivity index (χ2v) is 5.63. The summed E-state index contributed by atoms with van der Waals surface area (Å²) in [6.07, 6.45) is 0. The Morgan fingerprint density at radius 3 is 3.05 bits per heavy atom. The first kappa shape index (κ1) is 15.2. The van der Waals surface area contributed by atoms with Crippen LogP contribution in [0, 0.1) is 6.92 Å². The minimum Gasteiger partial charge on any atom is -0.489 e. The van der Waals surface area contributed by atoms with Gasteiger partial charge < -0.3 is 14.8 Å². The molecule has 0 bridgehead atoms. The first-order valence-corrected chi connectivity index (χ1v) is 7.70. The first-order chi connectivity index (χ1) is 9.70. The van der Waals surface area contributed by atoms with Crippen molar-refractivity contribution in [2.75, 3.05) is 37.3 Å². The van der Waals surface area contributed by atoms with Crippen molar-refractivity contribution in [3.8, 4) is 5.75 Å². The summed E-state index contributed by atoms with van der Waals surface area (Å²) in [7, 11) is 1.63. The summed E-state index contributed by atoms with van der Waals surface area (Å²) in [6, 6.07) is 5.61. The van der Waals surface area contributed by atoms with Crippen LogP contribution in [0.15, 0.2) is 18.2 Å². The number of methoxy groups -OCH3 is 1. The zero-order valence-corrected chi connectivity index (χ0v) is 12.6. The van der Waals surface area contributed by atoms with E-state index in [2.05, 4.69) is 10.6 Å². The van der Waals surface area contributed by atoms with Crippen molar-refractivity contribution in [3.63, 3.8) is 0 Å². The molecule has 1 aromatic rings. The summed E-state index contributed by atoms with van der Waals surface area (Å²) in [6.45, 7) is 2.96. The summed E-state index contributed by atoms with van der Waals surface area (Å²) in [5.41, 5.74) is 1.79. The summed E-state index contributed by atoms with van der Waals surface area (Å²) in [4.78, 5) is 12.1. The van der Waals surface area contributed by atoms with E-state index < -0.39 is 0 Å².